The SMILES string of the molecule is COc1ccc(Nc2nc(-c3ccccc3)nc3ccccc23)cc1F. The molecule has 0 radical (unpaired) electrons. The first-order valence-corrected chi connectivity index (χ1v) is 8.17. The van der Waals surface area contributed by atoms with Crippen LogP contribution in [0.15, 0.2) is 72.8 Å². The summed E-state index contributed by atoms with van der Waals surface area (Å²) in [5.74, 6) is 1.01. The van der Waals surface area contributed by atoms with Crippen LogP contribution in [0.3, 0.4) is 0 Å². The Labute approximate surface area is 150 Å². The van der Waals surface area contributed by atoms with Crippen molar-refractivity contribution < 1.29 is 9.13 Å². The predicted octanol–water partition coefficient (Wildman–Crippen LogP) is 5.19. The summed E-state index contributed by atoms with van der Waals surface area (Å²) in [4.78, 5) is 9.31. The maximum Gasteiger partial charge on any atom is 0.167 e. The molecule has 1 N–H and O–H groups in total. The van der Waals surface area contributed by atoms with E-state index in [4.69, 9.17) is 4.74 Å². The third-order valence-electron chi connectivity index (χ3n) is 4.05. The molecule has 5 heteroatoms. The largest absolute Gasteiger partial charge is 0.494 e. The second-order valence-electron chi connectivity index (χ2n) is 5.75. The Bertz CT molecular complexity index is 1070. The van der Waals surface area contributed by atoms with E-state index in [2.05, 4.69) is 15.3 Å². The van der Waals surface area contributed by atoms with Crippen molar-refractivity contribution in [3.8, 4) is 17.1 Å². The zero-order chi connectivity index (χ0) is 17.9. The summed E-state index contributed by atoms with van der Waals surface area (Å²) in [7, 11) is 1.44. The van der Waals surface area contributed by atoms with Gasteiger partial charge in [0, 0.05) is 22.7 Å². The minimum atomic E-state index is -0.431. The number of methoxy groups -OCH3 is 1. The first-order chi connectivity index (χ1) is 12.7. The van der Waals surface area contributed by atoms with E-state index in [9.17, 15) is 4.39 Å². The zero-order valence-electron chi connectivity index (χ0n) is 14.1. The van der Waals surface area contributed by atoms with Crippen LogP contribution in [-0.4, -0.2) is 17.1 Å². The summed E-state index contributed by atoms with van der Waals surface area (Å²) in [6.45, 7) is 0. The molecule has 1 heterocycles. The van der Waals surface area contributed by atoms with Crippen molar-refractivity contribution in [1.29, 1.82) is 0 Å². The maximum absolute atomic E-state index is 14.0. The summed E-state index contributed by atoms with van der Waals surface area (Å²) < 4.78 is 19.0. The number of benzene rings is 3. The molecular formula is C21H16FN3O. The molecule has 4 aromatic rings. The normalized spacial score (nSPS) is 10.7. The lowest BCUT2D eigenvalue weighted by atomic mass is 10.2. The van der Waals surface area contributed by atoms with Crippen LogP contribution in [0.5, 0.6) is 5.75 Å². The number of aromatic nitrogens is 2. The van der Waals surface area contributed by atoms with Gasteiger partial charge in [-0.05, 0) is 24.3 Å². The van der Waals surface area contributed by atoms with Crippen LogP contribution in [0.2, 0.25) is 0 Å². The second-order valence-corrected chi connectivity index (χ2v) is 5.75. The molecular weight excluding hydrogens is 329 g/mol. The van der Waals surface area contributed by atoms with Gasteiger partial charge in [0.1, 0.15) is 5.82 Å². The van der Waals surface area contributed by atoms with Gasteiger partial charge < -0.3 is 10.1 Å². The minimum absolute atomic E-state index is 0.202. The van der Waals surface area contributed by atoms with Gasteiger partial charge in [-0.3, -0.25) is 0 Å². The van der Waals surface area contributed by atoms with E-state index < -0.39 is 5.82 Å². The highest BCUT2D eigenvalue weighted by Gasteiger charge is 2.10. The molecule has 0 amide bonds. The topological polar surface area (TPSA) is 47.0 Å². The lowest BCUT2D eigenvalue weighted by Crippen LogP contribution is -2.00. The number of anilines is 2. The zero-order valence-corrected chi connectivity index (χ0v) is 14.1. The summed E-state index contributed by atoms with van der Waals surface area (Å²) in [6, 6.07) is 22.2. The van der Waals surface area contributed by atoms with Crippen LogP contribution < -0.4 is 10.1 Å². The fraction of sp³-hybridized carbons (Fsp3) is 0.0476. The molecule has 128 valence electrons. The highest BCUT2D eigenvalue weighted by Crippen LogP contribution is 2.28. The second kappa shape index (κ2) is 6.80. The number of fused-ring (bicyclic) bond motifs is 1. The average molecular weight is 345 g/mol. The molecule has 4 rings (SSSR count). The van der Waals surface area contributed by atoms with Gasteiger partial charge in [0.15, 0.2) is 17.4 Å². The van der Waals surface area contributed by atoms with Gasteiger partial charge in [0.25, 0.3) is 0 Å². The molecule has 26 heavy (non-hydrogen) atoms. The van der Waals surface area contributed by atoms with E-state index in [1.807, 2.05) is 54.6 Å². The summed E-state index contributed by atoms with van der Waals surface area (Å²) in [5, 5.41) is 4.07. The van der Waals surface area contributed by atoms with Crippen LogP contribution >= 0.6 is 0 Å². The van der Waals surface area contributed by atoms with Crippen LogP contribution in [0, 0.1) is 5.82 Å². The number of ether oxygens (including phenoxy) is 1. The monoisotopic (exact) mass is 345 g/mol. The van der Waals surface area contributed by atoms with Crippen LogP contribution in [-0.2, 0) is 0 Å². The molecule has 0 spiro atoms. The van der Waals surface area contributed by atoms with Crippen molar-refractivity contribution in [2.24, 2.45) is 0 Å². The Morgan fingerprint density at radius 1 is 0.885 bits per heavy atom. The van der Waals surface area contributed by atoms with E-state index in [-0.39, 0.29) is 5.75 Å². The van der Waals surface area contributed by atoms with E-state index in [0.29, 0.717) is 17.3 Å². The van der Waals surface area contributed by atoms with Gasteiger partial charge in [-0.1, -0.05) is 42.5 Å². The van der Waals surface area contributed by atoms with Crippen molar-refractivity contribution in [3.63, 3.8) is 0 Å². The van der Waals surface area contributed by atoms with Gasteiger partial charge in [0.2, 0.25) is 0 Å². The Morgan fingerprint density at radius 3 is 2.42 bits per heavy atom. The van der Waals surface area contributed by atoms with E-state index in [0.717, 1.165) is 16.5 Å². The number of para-hydroxylation sites is 1. The predicted molar refractivity (Wildman–Crippen MR) is 101 cm³/mol. The Morgan fingerprint density at radius 2 is 1.65 bits per heavy atom. The molecule has 0 fully saturated rings. The van der Waals surface area contributed by atoms with Gasteiger partial charge in [0.05, 0.1) is 12.6 Å². The average Bonchev–Trinajstić information content (AvgIpc) is 2.69. The molecule has 1 aromatic heterocycles. The lowest BCUT2D eigenvalue weighted by Gasteiger charge is -2.12. The molecule has 4 nitrogen and oxygen atoms in total. The van der Waals surface area contributed by atoms with Crippen molar-refractivity contribution in [1.82, 2.24) is 9.97 Å². The van der Waals surface area contributed by atoms with Crippen molar-refractivity contribution in [3.05, 3.63) is 78.6 Å². The first-order valence-electron chi connectivity index (χ1n) is 8.17. The van der Waals surface area contributed by atoms with Crippen LogP contribution in [0.4, 0.5) is 15.9 Å². The maximum atomic E-state index is 14.0. The number of nitrogens with one attached hydrogen (secondary N) is 1. The smallest absolute Gasteiger partial charge is 0.167 e. The lowest BCUT2D eigenvalue weighted by molar-refractivity contribution is 0.386. The number of rotatable bonds is 4. The Balaban J connectivity index is 1.82. The Hall–Kier alpha value is -3.47. The number of nitrogens with zero attached hydrogens (tertiary/aromatic N) is 2. The highest BCUT2D eigenvalue weighted by molar-refractivity contribution is 5.92. The van der Waals surface area contributed by atoms with Crippen molar-refractivity contribution >= 4 is 22.4 Å². The summed E-state index contributed by atoms with van der Waals surface area (Å²) in [5.41, 5.74) is 2.33. The van der Waals surface area contributed by atoms with Crippen molar-refractivity contribution in [2.75, 3.05) is 12.4 Å². The van der Waals surface area contributed by atoms with Crippen molar-refractivity contribution in [2.45, 2.75) is 0 Å². The number of hydrogen-bond acceptors (Lipinski definition) is 4. The molecule has 0 bridgehead atoms. The van der Waals surface area contributed by atoms with Gasteiger partial charge >= 0.3 is 0 Å². The fourth-order valence-corrected chi connectivity index (χ4v) is 2.77. The quantitative estimate of drug-likeness (QED) is 0.553. The molecule has 0 atom stereocenters. The molecule has 3 aromatic carbocycles. The molecule has 0 aliphatic carbocycles. The summed E-state index contributed by atoms with van der Waals surface area (Å²) in [6.07, 6.45) is 0. The molecule has 0 unspecified atom stereocenters. The number of hydrogen-bond donors (Lipinski definition) is 1. The standard InChI is InChI=1S/C21H16FN3O/c1-26-19-12-11-15(13-17(19)22)23-21-16-9-5-6-10-18(16)24-20(25-21)14-7-3-2-4-8-14/h2-13H,1H3,(H,23,24,25). The fourth-order valence-electron chi connectivity index (χ4n) is 2.77. The van der Waals surface area contributed by atoms with Gasteiger partial charge in [-0.25, -0.2) is 14.4 Å². The Kier molecular flexibility index (Phi) is 4.19. The van der Waals surface area contributed by atoms with E-state index in [1.165, 1.54) is 13.2 Å². The van der Waals surface area contributed by atoms with Crippen LogP contribution in [0.1, 0.15) is 0 Å². The number of halogens is 1. The van der Waals surface area contributed by atoms with Gasteiger partial charge in [-0.2, -0.15) is 0 Å². The van der Waals surface area contributed by atoms with E-state index in [1.54, 1.807) is 12.1 Å². The molecule has 0 aliphatic rings. The van der Waals surface area contributed by atoms with Crippen LogP contribution in [0.25, 0.3) is 22.3 Å². The van der Waals surface area contributed by atoms with Gasteiger partial charge in [-0.15, -0.1) is 0 Å². The minimum Gasteiger partial charge on any atom is -0.494 e. The highest BCUT2D eigenvalue weighted by atomic mass is 19.1. The summed E-state index contributed by atoms with van der Waals surface area (Å²) >= 11 is 0. The van der Waals surface area contributed by atoms with E-state index >= 15 is 0 Å². The first kappa shape index (κ1) is 16.0. The third-order valence-corrected chi connectivity index (χ3v) is 4.05. The molecule has 0 saturated carbocycles. The molecule has 0 saturated heterocycles. The third kappa shape index (κ3) is 3.07. The molecule has 0 aliphatic heterocycles.